The second-order valence-corrected chi connectivity index (χ2v) is 4.81. The van der Waals surface area contributed by atoms with Gasteiger partial charge in [-0.3, -0.25) is 0 Å². The molecule has 0 fully saturated rings. The molecule has 1 atom stereocenters. The Bertz CT molecular complexity index is 273. The van der Waals surface area contributed by atoms with Gasteiger partial charge in [-0.05, 0) is 5.92 Å². The van der Waals surface area contributed by atoms with Crippen LogP contribution in [0.1, 0.15) is 13.8 Å². The van der Waals surface area contributed by atoms with Crippen LogP contribution in [0.4, 0.5) is 13.2 Å². The van der Waals surface area contributed by atoms with Crippen LogP contribution in [0, 0.1) is 5.92 Å². The maximum atomic E-state index is 11.9. The van der Waals surface area contributed by atoms with Gasteiger partial charge in [0, 0.05) is 6.04 Å². The standard InChI is InChI=1S/C6H12F3NO3S/c1-4(2)5(3-11)10-14(12,13)6(7,8)9/h4-5,10-11H,3H2,1-2H3. The van der Waals surface area contributed by atoms with Crippen LogP contribution in [-0.4, -0.2) is 31.7 Å². The fourth-order valence-corrected chi connectivity index (χ4v) is 1.53. The molecule has 0 aliphatic carbocycles. The lowest BCUT2D eigenvalue weighted by Gasteiger charge is -2.20. The highest BCUT2D eigenvalue weighted by molar-refractivity contribution is 7.90. The molecule has 0 saturated carbocycles. The molecule has 2 N–H and O–H groups in total. The summed E-state index contributed by atoms with van der Waals surface area (Å²) in [6, 6.07) is -1.12. The van der Waals surface area contributed by atoms with E-state index in [1.807, 2.05) is 0 Å². The fourth-order valence-electron chi connectivity index (χ4n) is 0.650. The zero-order valence-corrected chi connectivity index (χ0v) is 8.48. The van der Waals surface area contributed by atoms with Crippen molar-refractivity contribution in [3.63, 3.8) is 0 Å². The molecular weight excluding hydrogens is 223 g/mol. The molecular formula is C6H12F3NO3S. The quantitative estimate of drug-likeness (QED) is 0.743. The highest BCUT2D eigenvalue weighted by Crippen LogP contribution is 2.22. The van der Waals surface area contributed by atoms with Gasteiger partial charge >= 0.3 is 15.5 Å². The van der Waals surface area contributed by atoms with Crippen LogP contribution in [0.15, 0.2) is 0 Å². The number of aliphatic hydroxyl groups excluding tert-OH is 1. The van der Waals surface area contributed by atoms with Gasteiger partial charge in [-0.25, -0.2) is 13.1 Å². The SMILES string of the molecule is CC(C)C(CO)NS(=O)(=O)C(F)(F)F. The van der Waals surface area contributed by atoms with Crippen molar-refractivity contribution < 1.29 is 26.7 Å². The zero-order chi connectivity index (χ0) is 11.6. The van der Waals surface area contributed by atoms with Crippen LogP contribution in [-0.2, 0) is 10.0 Å². The molecule has 0 aliphatic heterocycles. The van der Waals surface area contributed by atoms with Gasteiger partial charge in [0.2, 0.25) is 0 Å². The van der Waals surface area contributed by atoms with Crippen LogP contribution in [0.2, 0.25) is 0 Å². The van der Waals surface area contributed by atoms with E-state index >= 15 is 0 Å². The molecule has 0 aromatic heterocycles. The Morgan fingerprint density at radius 1 is 1.36 bits per heavy atom. The van der Waals surface area contributed by atoms with Crippen molar-refractivity contribution in [3.05, 3.63) is 0 Å². The van der Waals surface area contributed by atoms with Crippen LogP contribution < -0.4 is 4.72 Å². The van der Waals surface area contributed by atoms with E-state index in [1.165, 1.54) is 18.6 Å². The molecule has 1 unspecified atom stereocenters. The third-order valence-electron chi connectivity index (χ3n) is 1.61. The van der Waals surface area contributed by atoms with Crippen LogP contribution >= 0.6 is 0 Å². The number of hydrogen-bond acceptors (Lipinski definition) is 3. The van der Waals surface area contributed by atoms with Crippen molar-refractivity contribution >= 4 is 10.0 Å². The minimum Gasteiger partial charge on any atom is -0.395 e. The van der Waals surface area contributed by atoms with Crippen molar-refractivity contribution in [1.29, 1.82) is 0 Å². The van der Waals surface area contributed by atoms with E-state index in [0.717, 1.165) is 0 Å². The lowest BCUT2D eigenvalue weighted by Crippen LogP contribution is -2.46. The van der Waals surface area contributed by atoms with E-state index in [9.17, 15) is 21.6 Å². The second-order valence-electron chi connectivity index (χ2n) is 3.10. The molecule has 0 aromatic rings. The monoisotopic (exact) mass is 235 g/mol. The van der Waals surface area contributed by atoms with E-state index in [-0.39, 0.29) is 0 Å². The van der Waals surface area contributed by atoms with Crippen molar-refractivity contribution in [2.75, 3.05) is 6.61 Å². The molecule has 0 aliphatic rings. The van der Waals surface area contributed by atoms with E-state index in [0.29, 0.717) is 0 Å². The lowest BCUT2D eigenvalue weighted by atomic mass is 10.1. The van der Waals surface area contributed by atoms with Crippen LogP contribution in [0.5, 0.6) is 0 Å². The van der Waals surface area contributed by atoms with E-state index in [4.69, 9.17) is 5.11 Å². The number of sulfonamides is 1. The third-order valence-corrected chi connectivity index (χ3v) is 2.84. The van der Waals surface area contributed by atoms with Crippen molar-refractivity contribution in [2.24, 2.45) is 5.92 Å². The predicted octanol–water partition coefficient (Wildman–Crippen LogP) is 0.443. The molecule has 0 bridgehead atoms. The molecule has 0 rings (SSSR count). The molecule has 0 radical (unpaired) electrons. The molecule has 4 nitrogen and oxygen atoms in total. The first kappa shape index (κ1) is 13.7. The Labute approximate surface area is 80.2 Å². The van der Waals surface area contributed by atoms with Crippen molar-refractivity contribution in [2.45, 2.75) is 25.4 Å². The van der Waals surface area contributed by atoms with Gasteiger partial charge in [0.1, 0.15) is 0 Å². The van der Waals surface area contributed by atoms with Crippen LogP contribution in [0.3, 0.4) is 0 Å². The minimum absolute atomic E-state index is 0.419. The molecule has 0 saturated heterocycles. The number of halogens is 3. The number of rotatable bonds is 4. The maximum Gasteiger partial charge on any atom is 0.511 e. The van der Waals surface area contributed by atoms with E-state index < -0.39 is 34.1 Å². The molecule has 0 amide bonds. The average molecular weight is 235 g/mol. The van der Waals surface area contributed by atoms with Crippen LogP contribution in [0.25, 0.3) is 0 Å². The van der Waals surface area contributed by atoms with Crippen molar-refractivity contribution in [3.8, 4) is 0 Å². The van der Waals surface area contributed by atoms with Gasteiger partial charge in [-0.15, -0.1) is 0 Å². The molecule has 0 spiro atoms. The summed E-state index contributed by atoms with van der Waals surface area (Å²) in [4.78, 5) is 0. The molecule has 14 heavy (non-hydrogen) atoms. The lowest BCUT2D eigenvalue weighted by molar-refractivity contribution is -0.0454. The first-order valence-corrected chi connectivity index (χ1v) is 5.29. The Morgan fingerprint density at radius 3 is 2.00 bits per heavy atom. The summed E-state index contributed by atoms with van der Waals surface area (Å²) < 4.78 is 58.1. The summed E-state index contributed by atoms with van der Waals surface area (Å²) >= 11 is 0. The molecule has 86 valence electrons. The summed E-state index contributed by atoms with van der Waals surface area (Å²) in [6.45, 7) is 2.33. The average Bonchev–Trinajstić information content (AvgIpc) is 1.97. The first-order chi connectivity index (χ1) is 6.12. The van der Waals surface area contributed by atoms with Gasteiger partial charge in [0.15, 0.2) is 0 Å². The largest absolute Gasteiger partial charge is 0.511 e. The minimum atomic E-state index is -5.36. The number of nitrogens with one attached hydrogen (secondary N) is 1. The first-order valence-electron chi connectivity index (χ1n) is 3.81. The Balaban J connectivity index is 4.67. The summed E-state index contributed by atoms with van der Waals surface area (Å²) in [5.74, 6) is -0.419. The highest BCUT2D eigenvalue weighted by Gasteiger charge is 2.46. The third kappa shape index (κ3) is 3.43. The molecule has 0 heterocycles. The Kier molecular flexibility index (Phi) is 4.34. The molecule has 0 aromatic carbocycles. The summed E-state index contributed by atoms with van der Waals surface area (Å²) in [5, 5.41) is 8.63. The maximum absolute atomic E-state index is 11.9. The van der Waals surface area contributed by atoms with Gasteiger partial charge in [0.25, 0.3) is 0 Å². The highest BCUT2D eigenvalue weighted by atomic mass is 32.2. The summed E-state index contributed by atoms with van der Waals surface area (Å²) in [7, 11) is -5.36. The van der Waals surface area contributed by atoms with Crippen molar-refractivity contribution in [1.82, 2.24) is 4.72 Å². The van der Waals surface area contributed by atoms with E-state index in [1.54, 1.807) is 0 Å². The molecule has 8 heteroatoms. The van der Waals surface area contributed by atoms with E-state index in [2.05, 4.69) is 0 Å². The smallest absolute Gasteiger partial charge is 0.395 e. The topological polar surface area (TPSA) is 66.4 Å². The fraction of sp³-hybridized carbons (Fsp3) is 1.00. The van der Waals surface area contributed by atoms with Gasteiger partial charge < -0.3 is 5.11 Å². The number of aliphatic hydroxyl groups is 1. The normalized spacial score (nSPS) is 15.9. The predicted molar refractivity (Wildman–Crippen MR) is 43.8 cm³/mol. The summed E-state index contributed by atoms with van der Waals surface area (Å²) in [5.41, 5.74) is -5.34. The summed E-state index contributed by atoms with van der Waals surface area (Å²) in [6.07, 6.45) is 0. The number of alkyl halides is 3. The Morgan fingerprint density at radius 2 is 1.79 bits per heavy atom. The number of hydrogen-bond donors (Lipinski definition) is 2. The zero-order valence-electron chi connectivity index (χ0n) is 7.67. The Hall–Kier alpha value is -0.340. The second kappa shape index (κ2) is 4.45. The van der Waals surface area contributed by atoms with Gasteiger partial charge in [-0.2, -0.15) is 13.2 Å². The van der Waals surface area contributed by atoms with Gasteiger partial charge in [-0.1, -0.05) is 13.8 Å². The van der Waals surface area contributed by atoms with Gasteiger partial charge in [0.05, 0.1) is 6.61 Å².